The van der Waals surface area contributed by atoms with E-state index in [9.17, 15) is 8.78 Å². The number of rotatable bonds is 5. The summed E-state index contributed by atoms with van der Waals surface area (Å²) >= 11 is 0. The van der Waals surface area contributed by atoms with Crippen molar-refractivity contribution in [2.24, 2.45) is 0 Å². The average molecular weight is 332 g/mol. The predicted molar refractivity (Wildman–Crippen MR) is 88.5 cm³/mol. The van der Waals surface area contributed by atoms with Gasteiger partial charge in [0.05, 0.1) is 6.54 Å². The van der Waals surface area contributed by atoms with E-state index in [0.29, 0.717) is 12.1 Å². The summed E-state index contributed by atoms with van der Waals surface area (Å²) in [5.74, 6) is -1.20. The Morgan fingerprint density at radius 1 is 1.25 bits per heavy atom. The molecule has 128 valence electrons. The highest BCUT2D eigenvalue weighted by molar-refractivity contribution is 5.24. The zero-order chi connectivity index (χ0) is 17.1. The van der Waals surface area contributed by atoms with Crippen LogP contribution in [0.2, 0.25) is 0 Å². The van der Waals surface area contributed by atoms with Crippen LogP contribution in [0.3, 0.4) is 0 Å². The fraction of sp³-hybridized carbons (Fsp3) is 0.444. The van der Waals surface area contributed by atoms with Crippen molar-refractivity contribution in [2.45, 2.75) is 38.3 Å². The average Bonchev–Trinajstić information content (AvgIpc) is 3.06. The molecular weight excluding hydrogens is 310 g/mol. The third-order valence-corrected chi connectivity index (χ3v) is 4.88. The second-order valence-electron chi connectivity index (χ2n) is 6.42. The van der Waals surface area contributed by atoms with Gasteiger partial charge in [0.25, 0.3) is 0 Å². The molecule has 0 saturated carbocycles. The van der Waals surface area contributed by atoms with Gasteiger partial charge in [0, 0.05) is 31.1 Å². The molecule has 1 aromatic heterocycles. The Labute approximate surface area is 140 Å². The van der Waals surface area contributed by atoms with Crippen LogP contribution in [0, 0.1) is 11.6 Å². The van der Waals surface area contributed by atoms with E-state index < -0.39 is 11.6 Å². The van der Waals surface area contributed by atoms with Gasteiger partial charge in [-0.05, 0) is 31.4 Å². The number of halogens is 2. The van der Waals surface area contributed by atoms with E-state index in [0.717, 1.165) is 32.0 Å². The molecule has 0 amide bonds. The zero-order valence-corrected chi connectivity index (χ0v) is 13.8. The monoisotopic (exact) mass is 332 g/mol. The molecule has 3 rings (SSSR count). The molecule has 2 aromatic rings. The Morgan fingerprint density at radius 2 is 2.00 bits per heavy atom. The van der Waals surface area contributed by atoms with Crippen LogP contribution >= 0.6 is 0 Å². The number of piperidine rings is 1. The van der Waals surface area contributed by atoms with Crippen molar-refractivity contribution in [2.75, 3.05) is 13.1 Å². The first-order valence-electron chi connectivity index (χ1n) is 8.22. The lowest BCUT2D eigenvalue weighted by atomic mass is 9.89. The van der Waals surface area contributed by atoms with Gasteiger partial charge in [0.15, 0.2) is 0 Å². The standard InChI is InChI=1S/C18H22F2N4/c1-13-5-7-23(8-6-13)14(2)17(10-24-12-21-11-22-24)16-4-3-15(19)9-18(16)20/h3-4,9,11-12,14,17H,1,5-8,10H2,2H3/t14-,17?/m1/s1. The van der Waals surface area contributed by atoms with Crippen molar-refractivity contribution in [3.63, 3.8) is 0 Å². The van der Waals surface area contributed by atoms with Gasteiger partial charge in [-0.3, -0.25) is 9.58 Å². The lowest BCUT2D eigenvalue weighted by molar-refractivity contribution is 0.160. The fourth-order valence-electron chi connectivity index (χ4n) is 3.34. The van der Waals surface area contributed by atoms with Crippen LogP contribution in [-0.4, -0.2) is 38.8 Å². The van der Waals surface area contributed by atoms with E-state index >= 15 is 0 Å². The number of aromatic nitrogens is 3. The quantitative estimate of drug-likeness (QED) is 0.787. The molecule has 1 aliphatic heterocycles. The minimum Gasteiger partial charge on any atom is -0.299 e. The Morgan fingerprint density at radius 3 is 2.62 bits per heavy atom. The fourth-order valence-corrected chi connectivity index (χ4v) is 3.34. The van der Waals surface area contributed by atoms with Crippen molar-refractivity contribution >= 4 is 0 Å². The summed E-state index contributed by atoms with van der Waals surface area (Å²) in [6.07, 6.45) is 5.02. The topological polar surface area (TPSA) is 34.0 Å². The zero-order valence-electron chi connectivity index (χ0n) is 13.8. The molecule has 0 spiro atoms. The van der Waals surface area contributed by atoms with E-state index in [1.54, 1.807) is 17.1 Å². The van der Waals surface area contributed by atoms with Crippen LogP contribution in [0.1, 0.15) is 31.2 Å². The first kappa shape index (κ1) is 16.8. The largest absolute Gasteiger partial charge is 0.299 e. The minimum absolute atomic E-state index is 0.0993. The number of hydrogen-bond acceptors (Lipinski definition) is 3. The van der Waals surface area contributed by atoms with Gasteiger partial charge in [0.2, 0.25) is 0 Å². The number of hydrogen-bond donors (Lipinski definition) is 0. The molecule has 1 aromatic carbocycles. The Bertz CT molecular complexity index is 689. The van der Waals surface area contributed by atoms with Crippen molar-refractivity contribution in [1.29, 1.82) is 0 Å². The van der Waals surface area contributed by atoms with Crippen molar-refractivity contribution in [3.8, 4) is 0 Å². The van der Waals surface area contributed by atoms with Gasteiger partial charge < -0.3 is 0 Å². The highest BCUT2D eigenvalue weighted by atomic mass is 19.1. The molecule has 0 radical (unpaired) electrons. The normalized spacial score (nSPS) is 18.5. The summed E-state index contributed by atoms with van der Waals surface area (Å²) in [6.45, 7) is 8.47. The summed E-state index contributed by atoms with van der Waals surface area (Å²) < 4.78 is 29.4. The van der Waals surface area contributed by atoms with Crippen LogP contribution in [0.4, 0.5) is 8.78 Å². The summed E-state index contributed by atoms with van der Waals surface area (Å²) in [6, 6.07) is 3.92. The second kappa shape index (κ2) is 7.21. The molecule has 2 heterocycles. The van der Waals surface area contributed by atoms with E-state index in [1.165, 1.54) is 18.0 Å². The van der Waals surface area contributed by atoms with Gasteiger partial charge in [-0.25, -0.2) is 13.8 Å². The van der Waals surface area contributed by atoms with Gasteiger partial charge in [-0.15, -0.1) is 0 Å². The molecule has 24 heavy (non-hydrogen) atoms. The molecule has 1 aliphatic rings. The molecule has 6 heteroatoms. The SMILES string of the molecule is C=C1CCN([C@H](C)C(Cn2cncn2)c2ccc(F)cc2F)CC1. The summed E-state index contributed by atoms with van der Waals surface area (Å²) in [7, 11) is 0. The Kier molecular flexibility index (Phi) is 5.04. The van der Waals surface area contributed by atoms with Crippen molar-refractivity contribution in [3.05, 3.63) is 60.2 Å². The third-order valence-electron chi connectivity index (χ3n) is 4.88. The van der Waals surface area contributed by atoms with Gasteiger partial charge in [-0.1, -0.05) is 18.2 Å². The molecule has 2 atom stereocenters. The first-order chi connectivity index (χ1) is 11.5. The highest BCUT2D eigenvalue weighted by Crippen LogP contribution is 2.30. The molecule has 0 aliphatic carbocycles. The molecular formula is C18H22F2N4. The molecule has 0 N–H and O–H groups in total. The first-order valence-corrected chi connectivity index (χ1v) is 8.22. The maximum absolute atomic E-state index is 14.4. The smallest absolute Gasteiger partial charge is 0.137 e. The van der Waals surface area contributed by atoms with Crippen LogP contribution in [-0.2, 0) is 6.54 Å². The predicted octanol–water partition coefficient (Wildman–Crippen LogP) is 3.38. The number of likely N-dealkylation sites (tertiary alicyclic amines) is 1. The summed E-state index contributed by atoms with van der Waals surface area (Å²) in [4.78, 5) is 6.31. The van der Waals surface area contributed by atoms with Crippen molar-refractivity contribution in [1.82, 2.24) is 19.7 Å². The van der Waals surface area contributed by atoms with Crippen LogP contribution in [0.25, 0.3) is 0 Å². The van der Waals surface area contributed by atoms with E-state index in [4.69, 9.17) is 0 Å². The van der Waals surface area contributed by atoms with Gasteiger partial charge >= 0.3 is 0 Å². The van der Waals surface area contributed by atoms with Gasteiger partial charge in [0.1, 0.15) is 24.3 Å². The number of nitrogens with zero attached hydrogens (tertiary/aromatic N) is 4. The Hall–Kier alpha value is -2.08. The van der Waals surface area contributed by atoms with Crippen LogP contribution in [0.15, 0.2) is 43.0 Å². The molecule has 1 unspecified atom stereocenters. The van der Waals surface area contributed by atoms with Gasteiger partial charge in [-0.2, -0.15) is 5.10 Å². The summed E-state index contributed by atoms with van der Waals surface area (Å²) in [5, 5.41) is 4.14. The Balaban J connectivity index is 1.87. The van der Waals surface area contributed by atoms with Crippen molar-refractivity contribution < 1.29 is 8.78 Å². The number of benzene rings is 1. The lowest BCUT2D eigenvalue weighted by Crippen LogP contribution is -2.42. The van der Waals surface area contributed by atoms with E-state index in [-0.39, 0.29) is 12.0 Å². The molecule has 1 saturated heterocycles. The van der Waals surface area contributed by atoms with E-state index in [1.807, 2.05) is 0 Å². The van der Waals surface area contributed by atoms with E-state index in [2.05, 4.69) is 28.5 Å². The molecule has 4 nitrogen and oxygen atoms in total. The molecule has 1 fully saturated rings. The van der Waals surface area contributed by atoms with Crippen LogP contribution < -0.4 is 0 Å². The third kappa shape index (κ3) is 3.70. The van der Waals surface area contributed by atoms with Crippen LogP contribution in [0.5, 0.6) is 0 Å². The molecule has 0 bridgehead atoms. The lowest BCUT2D eigenvalue weighted by Gasteiger charge is -2.38. The minimum atomic E-state index is -0.558. The summed E-state index contributed by atoms with van der Waals surface area (Å²) in [5.41, 5.74) is 1.78. The highest BCUT2D eigenvalue weighted by Gasteiger charge is 2.29. The second-order valence-corrected chi connectivity index (χ2v) is 6.42. The maximum Gasteiger partial charge on any atom is 0.137 e. The maximum atomic E-state index is 14.4.